The Morgan fingerprint density at radius 3 is 2.54 bits per heavy atom. The fourth-order valence-electron chi connectivity index (χ4n) is 2.52. The highest BCUT2D eigenvalue weighted by molar-refractivity contribution is 7.09. The van der Waals surface area contributed by atoms with Crippen molar-refractivity contribution < 1.29 is 19.1 Å². The number of esters is 1. The molecule has 2 rings (SSSR count). The van der Waals surface area contributed by atoms with Gasteiger partial charge in [-0.25, -0.2) is 4.79 Å². The minimum absolute atomic E-state index is 0.118. The Bertz CT molecular complexity index is 762. The van der Waals surface area contributed by atoms with Crippen LogP contribution in [-0.4, -0.2) is 41.2 Å². The van der Waals surface area contributed by atoms with Gasteiger partial charge in [0.2, 0.25) is 0 Å². The van der Waals surface area contributed by atoms with Crippen molar-refractivity contribution in [2.24, 2.45) is 0 Å². The first-order valence-electron chi connectivity index (χ1n) is 7.44. The van der Waals surface area contributed by atoms with E-state index in [0.29, 0.717) is 23.4 Å². The number of rotatable bonds is 6. The lowest BCUT2D eigenvalue weighted by atomic mass is 10.1. The Hall–Kier alpha value is -2.41. The van der Waals surface area contributed by atoms with Gasteiger partial charge in [-0.15, -0.1) is 11.3 Å². The molecule has 128 valence electrons. The maximum Gasteiger partial charge on any atom is 0.355 e. The first-order chi connectivity index (χ1) is 11.3. The van der Waals surface area contributed by atoms with Gasteiger partial charge in [0.25, 0.3) is 5.91 Å². The third kappa shape index (κ3) is 3.91. The average Bonchev–Trinajstić information content (AvgIpc) is 3.12. The van der Waals surface area contributed by atoms with Gasteiger partial charge in [-0.3, -0.25) is 9.59 Å². The summed E-state index contributed by atoms with van der Waals surface area (Å²) >= 11 is 1.56. The fourth-order valence-corrected chi connectivity index (χ4v) is 3.27. The van der Waals surface area contributed by atoms with Crippen LogP contribution in [0.5, 0.6) is 0 Å². The van der Waals surface area contributed by atoms with Crippen LogP contribution in [-0.2, 0) is 16.1 Å². The van der Waals surface area contributed by atoms with Crippen LogP contribution in [0.4, 0.5) is 0 Å². The summed E-state index contributed by atoms with van der Waals surface area (Å²) < 4.78 is 5.09. The molecule has 7 heteroatoms. The number of amides is 1. The minimum Gasteiger partial charge on any atom is -0.451 e. The highest BCUT2D eigenvalue weighted by atomic mass is 32.1. The molecular formula is C17H20N2O4S. The fraction of sp³-hybridized carbons (Fsp3) is 0.353. The minimum atomic E-state index is -0.638. The van der Waals surface area contributed by atoms with E-state index in [1.807, 2.05) is 17.5 Å². The van der Waals surface area contributed by atoms with Crippen molar-refractivity contribution in [3.8, 4) is 0 Å². The molecule has 0 atom stereocenters. The number of carbonyl (C=O) groups is 3. The Labute approximate surface area is 144 Å². The van der Waals surface area contributed by atoms with Crippen LogP contribution < -0.4 is 0 Å². The molecular weight excluding hydrogens is 328 g/mol. The molecule has 2 aromatic rings. The maximum atomic E-state index is 12.2. The van der Waals surface area contributed by atoms with Gasteiger partial charge in [-0.1, -0.05) is 6.07 Å². The zero-order valence-electron chi connectivity index (χ0n) is 14.1. The molecule has 1 amide bonds. The number of aromatic nitrogens is 1. The number of ketones is 1. The van der Waals surface area contributed by atoms with Gasteiger partial charge in [0.05, 0.1) is 6.54 Å². The molecule has 2 aromatic heterocycles. The van der Waals surface area contributed by atoms with Crippen molar-refractivity contribution in [2.45, 2.75) is 27.3 Å². The molecule has 0 saturated heterocycles. The van der Waals surface area contributed by atoms with E-state index in [0.717, 1.165) is 4.88 Å². The first kappa shape index (κ1) is 17.9. The molecule has 24 heavy (non-hydrogen) atoms. The van der Waals surface area contributed by atoms with E-state index in [2.05, 4.69) is 4.98 Å². The first-order valence-corrected chi connectivity index (χ1v) is 8.32. The smallest absolute Gasteiger partial charge is 0.355 e. The van der Waals surface area contributed by atoms with Gasteiger partial charge < -0.3 is 14.6 Å². The van der Waals surface area contributed by atoms with E-state index in [9.17, 15) is 14.4 Å². The largest absolute Gasteiger partial charge is 0.451 e. The summed E-state index contributed by atoms with van der Waals surface area (Å²) in [5.74, 6) is -1.04. The maximum absolute atomic E-state index is 12.2. The van der Waals surface area contributed by atoms with E-state index < -0.39 is 5.97 Å². The van der Waals surface area contributed by atoms with Crippen molar-refractivity contribution in [3.63, 3.8) is 0 Å². The number of Topliss-reactive ketones (excluding diaryl/α,β-unsaturated/α-hetero) is 1. The number of ether oxygens (including phenoxy) is 1. The molecule has 0 bridgehead atoms. The number of aromatic amines is 1. The molecule has 0 radical (unpaired) electrons. The van der Waals surface area contributed by atoms with E-state index >= 15 is 0 Å². The highest BCUT2D eigenvalue weighted by Crippen LogP contribution is 2.19. The standard InChI is InChI=1S/C17H20N2O4S/c1-10-15(12(3)20)11(2)18-16(10)17(22)23-9-14(21)19(4)8-13-6-5-7-24-13/h5-7,18H,8-9H2,1-4H3. The number of H-pyrrole nitrogens is 1. The number of nitrogens with zero attached hydrogens (tertiary/aromatic N) is 1. The van der Waals surface area contributed by atoms with Crippen molar-refractivity contribution in [1.29, 1.82) is 0 Å². The average molecular weight is 348 g/mol. The predicted octanol–water partition coefficient (Wildman–Crippen LogP) is 2.71. The lowest BCUT2D eigenvalue weighted by Gasteiger charge is -2.16. The molecule has 0 fully saturated rings. The monoisotopic (exact) mass is 348 g/mol. The second-order valence-electron chi connectivity index (χ2n) is 5.59. The molecule has 0 aromatic carbocycles. The summed E-state index contributed by atoms with van der Waals surface area (Å²) in [4.78, 5) is 41.2. The molecule has 2 heterocycles. The Morgan fingerprint density at radius 2 is 2.00 bits per heavy atom. The number of nitrogens with one attached hydrogen (secondary N) is 1. The van der Waals surface area contributed by atoms with Crippen LogP contribution >= 0.6 is 11.3 Å². The molecule has 0 aliphatic rings. The van der Waals surface area contributed by atoms with Gasteiger partial charge >= 0.3 is 5.97 Å². The van der Waals surface area contributed by atoms with Crippen molar-refractivity contribution >= 4 is 29.0 Å². The zero-order chi connectivity index (χ0) is 17.9. The number of hydrogen-bond donors (Lipinski definition) is 1. The normalized spacial score (nSPS) is 10.5. The lowest BCUT2D eigenvalue weighted by Crippen LogP contribution is -2.30. The highest BCUT2D eigenvalue weighted by Gasteiger charge is 2.22. The molecule has 0 aliphatic carbocycles. The summed E-state index contributed by atoms with van der Waals surface area (Å²) in [6, 6.07) is 3.86. The van der Waals surface area contributed by atoms with E-state index in [4.69, 9.17) is 4.74 Å². The Morgan fingerprint density at radius 1 is 1.29 bits per heavy atom. The molecule has 1 N–H and O–H groups in total. The summed E-state index contributed by atoms with van der Waals surface area (Å²) in [6.45, 7) is 4.99. The second-order valence-corrected chi connectivity index (χ2v) is 6.62. The summed E-state index contributed by atoms with van der Waals surface area (Å²) in [5, 5.41) is 1.94. The van der Waals surface area contributed by atoms with Crippen LogP contribution in [0.25, 0.3) is 0 Å². The topological polar surface area (TPSA) is 79.5 Å². The predicted molar refractivity (Wildman–Crippen MR) is 91.3 cm³/mol. The summed E-state index contributed by atoms with van der Waals surface area (Å²) in [7, 11) is 1.66. The number of hydrogen-bond acceptors (Lipinski definition) is 5. The quantitative estimate of drug-likeness (QED) is 0.643. The van der Waals surface area contributed by atoms with Gasteiger partial charge in [-0.05, 0) is 37.8 Å². The molecule has 0 spiro atoms. The lowest BCUT2D eigenvalue weighted by molar-refractivity contribution is -0.133. The van der Waals surface area contributed by atoms with E-state index in [1.165, 1.54) is 11.8 Å². The summed E-state index contributed by atoms with van der Waals surface area (Å²) in [5.41, 5.74) is 1.87. The van der Waals surface area contributed by atoms with Crippen LogP contribution in [0.3, 0.4) is 0 Å². The van der Waals surface area contributed by atoms with Crippen LogP contribution in [0.2, 0.25) is 0 Å². The molecule has 6 nitrogen and oxygen atoms in total. The van der Waals surface area contributed by atoms with Crippen molar-refractivity contribution in [2.75, 3.05) is 13.7 Å². The third-order valence-electron chi connectivity index (χ3n) is 3.72. The summed E-state index contributed by atoms with van der Waals surface area (Å²) in [6.07, 6.45) is 0. The Kier molecular flexibility index (Phi) is 5.56. The van der Waals surface area contributed by atoms with E-state index in [1.54, 1.807) is 32.2 Å². The van der Waals surface area contributed by atoms with Crippen LogP contribution in [0.15, 0.2) is 17.5 Å². The second kappa shape index (κ2) is 7.44. The van der Waals surface area contributed by atoms with Crippen molar-refractivity contribution in [3.05, 3.63) is 44.9 Å². The zero-order valence-corrected chi connectivity index (χ0v) is 15.0. The van der Waals surface area contributed by atoms with Gasteiger partial charge in [0.15, 0.2) is 12.4 Å². The molecule has 0 saturated carbocycles. The van der Waals surface area contributed by atoms with E-state index in [-0.39, 0.29) is 24.0 Å². The number of likely N-dealkylation sites (N-methyl/N-ethyl adjacent to an activating group) is 1. The van der Waals surface area contributed by atoms with Crippen molar-refractivity contribution in [1.82, 2.24) is 9.88 Å². The molecule has 0 unspecified atom stereocenters. The third-order valence-corrected chi connectivity index (χ3v) is 4.58. The van der Waals surface area contributed by atoms with Crippen LogP contribution in [0.1, 0.15) is 43.9 Å². The SMILES string of the molecule is CC(=O)c1c(C)[nH]c(C(=O)OCC(=O)N(C)Cc2cccs2)c1C. The molecule has 0 aliphatic heterocycles. The van der Waals surface area contributed by atoms with Gasteiger partial charge in [-0.2, -0.15) is 0 Å². The Balaban J connectivity index is 1.97. The van der Waals surface area contributed by atoms with Crippen LogP contribution in [0, 0.1) is 13.8 Å². The van der Waals surface area contributed by atoms with Gasteiger partial charge in [0.1, 0.15) is 5.69 Å². The van der Waals surface area contributed by atoms with Gasteiger partial charge in [0, 0.05) is 23.2 Å². The number of thiophene rings is 1. The number of carbonyl (C=O) groups excluding carboxylic acids is 3. The number of aryl methyl sites for hydroxylation is 1.